The fourth-order valence-electron chi connectivity index (χ4n) is 2.39. The Balaban J connectivity index is 2.07. The molecule has 2 heterocycles. The van der Waals surface area contributed by atoms with E-state index in [-0.39, 0.29) is 5.91 Å². The zero-order valence-corrected chi connectivity index (χ0v) is 11.7. The number of benzene rings is 1. The molecule has 0 saturated heterocycles. The molecule has 3 rings (SSSR count). The minimum Gasteiger partial charge on any atom is -0.307 e. The zero-order chi connectivity index (χ0) is 14.7. The van der Waals surface area contributed by atoms with Crippen LogP contribution in [0.1, 0.15) is 17.4 Å². The maximum Gasteiger partial charge on any atom is 0.277 e. The fourth-order valence-corrected chi connectivity index (χ4v) is 2.39. The lowest BCUT2D eigenvalue weighted by molar-refractivity contribution is 0.0985. The highest BCUT2D eigenvalue weighted by Gasteiger charge is 2.19. The van der Waals surface area contributed by atoms with Crippen LogP contribution in [0.3, 0.4) is 0 Å². The molecule has 1 aromatic carbocycles. The average molecular weight is 277 g/mol. The molecule has 0 N–H and O–H groups in total. The molecule has 4 heteroatoms. The van der Waals surface area contributed by atoms with Gasteiger partial charge in [-0.05, 0) is 30.5 Å². The Morgan fingerprint density at radius 2 is 1.81 bits per heavy atom. The molecule has 0 aliphatic carbocycles. The van der Waals surface area contributed by atoms with Gasteiger partial charge in [0.15, 0.2) is 0 Å². The van der Waals surface area contributed by atoms with Gasteiger partial charge in [-0.3, -0.25) is 14.8 Å². The van der Waals surface area contributed by atoms with Crippen molar-refractivity contribution in [2.24, 2.45) is 0 Å². The highest BCUT2D eigenvalue weighted by Crippen LogP contribution is 2.21. The van der Waals surface area contributed by atoms with Crippen LogP contribution >= 0.6 is 0 Å². The minimum atomic E-state index is -0.0968. The maximum absolute atomic E-state index is 12.8. The van der Waals surface area contributed by atoms with Crippen LogP contribution in [0.2, 0.25) is 0 Å². The fraction of sp³-hybridized carbons (Fsp3) is 0.118. The number of aromatic nitrogens is 2. The maximum atomic E-state index is 12.8. The number of amides is 1. The van der Waals surface area contributed by atoms with Crippen molar-refractivity contribution < 1.29 is 4.79 Å². The summed E-state index contributed by atoms with van der Waals surface area (Å²) in [5, 5.41) is 1.89. The first-order valence-corrected chi connectivity index (χ1v) is 6.87. The number of nitrogens with zero attached hydrogens (tertiary/aromatic N) is 3. The normalized spacial score (nSPS) is 10.5. The number of carbonyl (C=O) groups is 1. The molecule has 0 radical (unpaired) electrons. The van der Waals surface area contributed by atoms with E-state index < -0.39 is 0 Å². The second kappa shape index (κ2) is 5.71. The molecule has 0 bridgehead atoms. The summed E-state index contributed by atoms with van der Waals surface area (Å²) in [6, 6.07) is 13.3. The number of rotatable bonds is 3. The quantitative estimate of drug-likeness (QED) is 0.738. The summed E-state index contributed by atoms with van der Waals surface area (Å²) in [5.41, 5.74) is 1.30. The van der Waals surface area contributed by atoms with E-state index in [1.54, 1.807) is 23.5 Å². The first kappa shape index (κ1) is 13.2. The largest absolute Gasteiger partial charge is 0.307 e. The predicted octanol–water partition coefficient (Wildman–Crippen LogP) is 3.30. The van der Waals surface area contributed by atoms with Gasteiger partial charge in [-0.1, -0.05) is 24.3 Å². The van der Waals surface area contributed by atoms with Gasteiger partial charge in [0, 0.05) is 36.2 Å². The van der Waals surface area contributed by atoms with E-state index in [9.17, 15) is 4.79 Å². The van der Waals surface area contributed by atoms with Crippen molar-refractivity contribution >= 4 is 22.4 Å². The summed E-state index contributed by atoms with van der Waals surface area (Å²) in [6.45, 7) is 2.53. The summed E-state index contributed by atoms with van der Waals surface area (Å²) in [4.78, 5) is 22.8. The van der Waals surface area contributed by atoms with E-state index >= 15 is 0 Å². The number of fused-ring (bicyclic) bond motifs is 1. The highest BCUT2D eigenvalue weighted by atomic mass is 16.2. The van der Waals surface area contributed by atoms with Gasteiger partial charge in [0.1, 0.15) is 5.69 Å². The Kier molecular flexibility index (Phi) is 3.60. The highest BCUT2D eigenvalue weighted by molar-refractivity contribution is 6.12. The van der Waals surface area contributed by atoms with Gasteiger partial charge in [-0.15, -0.1) is 0 Å². The van der Waals surface area contributed by atoms with Crippen molar-refractivity contribution in [3.05, 3.63) is 66.7 Å². The van der Waals surface area contributed by atoms with Crippen LogP contribution in [-0.4, -0.2) is 22.4 Å². The Morgan fingerprint density at radius 1 is 1.05 bits per heavy atom. The van der Waals surface area contributed by atoms with Gasteiger partial charge in [0.05, 0.1) is 0 Å². The van der Waals surface area contributed by atoms with Crippen LogP contribution in [0.15, 0.2) is 61.1 Å². The average Bonchev–Trinajstić information content (AvgIpc) is 2.56. The van der Waals surface area contributed by atoms with Crippen LogP contribution in [0.5, 0.6) is 0 Å². The Hall–Kier alpha value is -2.75. The smallest absolute Gasteiger partial charge is 0.277 e. The molecule has 0 aliphatic heterocycles. The molecule has 4 nitrogen and oxygen atoms in total. The molecular weight excluding hydrogens is 262 g/mol. The van der Waals surface area contributed by atoms with Crippen molar-refractivity contribution in [2.45, 2.75) is 6.92 Å². The number of anilines is 1. The van der Waals surface area contributed by atoms with E-state index in [4.69, 9.17) is 0 Å². The number of pyridine rings is 2. The summed E-state index contributed by atoms with van der Waals surface area (Å²) < 4.78 is 0. The van der Waals surface area contributed by atoms with Gasteiger partial charge in [0.25, 0.3) is 5.91 Å². The lowest BCUT2D eigenvalue weighted by Crippen LogP contribution is -2.31. The molecule has 0 saturated carbocycles. The number of hydrogen-bond donors (Lipinski definition) is 0. The SMILES string of the molecule is CCN(C(=O)c1nccc2ccccc12)c1ccncc1. The molecular formula is C17H15N3O. The standard InChI is InChI=1S/C17H15N3O/c1-2-20(14-8-10-18-11-9-14)17(21)16-15-6-4-3-5-13(15)7-12-19-16/h3-12H,2H2,1H3. The molecule has 0 unspecified atom stereocenters. The van der Waals surface area contributed by atoms with Gasteiger partial charge in [-0.2, -0.15) is 0 Å². The molecule has 1 amide bonds. The van der Waals surface area contributed by atoms with Crippen LogP contribution in [-0.2, 0) is 0 Å². The Morgan fingerprint density at radius 3 is 2.57 bits per heavy atom. The molecule has 3 aromatic rings. The third-order valence-corrected chi connectivity index (χ3v) is 3.41. The topological polar surface area (TPSA) is 46.1 Å². The summed E-state index contributed by atoms with van der Waals surface area (Å²) in [5.74, 6) is -0.0968. The van der Waals surface area contributed by atoms with Crippen LogP contribution < -0.4 is 4.90 Å². The van der Waals surface area contributed by atoms with Gasteiger partial charge in [0.2, 0.25) is 0 Å². The van der Waals surface area contributed by atoms with Crippen LogP contribution in [0.4, 0.5) is 5.69 Å². The van der Waals surface area contributed by atoms with Crippen molar-refractivity contribution in [3.63, 3.8) is 0 Å². The van der Waals surface area contributed by atoms with E-state index in [2.05, 4.69) is 9.97 Å². The van der Waals surface area contributed by atoms with Crippen molar-refractivity contribution in [1.82, 2.24) is 9.97 Å². The molecule has 0 spiro atoms. The molecule has 104 valence electrons. The van der Waals surface area contributed by atoms with Crippen LogP contribution in [0.25, 0.3) is 10.8 Å². The van der Waals surface area contributed by atoms with Crippen LogP contribution in [0, 0.1) is 0 Å². The minimum absolute atomic E-state index is 0.0968. The summed E-state index contributed by atoms with van der Waals surface area (Å²) in [6.07, 6.45) is 5.04. The summed E-state index contributed by atoms with van der Waals surface area (Å²) >= 11 is 0. The number of hydrogen-bond acceptors (Lipinski definition) is 3. The second-order valence-electron chi connectivity index (χ2n) is 4.64. The predicted molar refractivity (Wildman–Crippen MR) is 83.3 cm³/mol. The monoisotopic (exact) mass is 277 g/mol. The molecule has 0 atom stereocenters. The van der Waals surface area contributed by atoms with E-state index in [0.717, 1.165) is 16.5 Å². The first-order valence-electron chi connectivity index (χ1n) is 6.87. The van der Waals surface area contributed by atoms with E-state index in [0.29, 0.717) is 12.2 Å². The van der Waals surface area contributed by atoms with Gasteiger partial charge in [-0.25, -0.2) is 0 Å². The van der Waals surface area contributed by atoms with Crippen molar-refractivity contribution in [1.29, 1.82) is 0 Å². The Bertz CT molecular complexity index is 766. The van der Waals surface area contributed by atoms with E-state index in [1.165, 1.54) is 0 Å². The van der Waals surface area contributed by atoms with Gasteiger partial charge >= 0.3 is 0 Å². The molecule has 2 aromatic heterocycles. The third-order valence-electron chi connectivity index (χ3n) is 3.41. The van der Waals surface area contributed by atoms with E-state index in [1.807, 2.05) is 49.4 Å². The van der Waals surface area contributed by atoms with Crippen molar-refractivity contribution in [3.8, 4) is 0 Å². The zero-order valence-electron chi connectivity index (χ0n) is 11.7. The van der Waals surface area contributed by atoms with Gasteiger partial charge < -0.3 is 4.90 Å². The Labute approximate surface area is 123 Å². The first-order chi connectivity index (χ1) is 10.3. The summed E-state index contributed by atoms with van der Waals surface area (Å²) in [7, 11) is 0. The molecule has 21 heavy (non-hydrogen) atoms. The van der Waals surface area contributed by atoms with Crippen molar-refractivity contribution in [2.75, 3.05) is 11.4 Å². The molecule has 0 aliphatic rings. The lowest BCUT2D eigenvalue weighted by Gasteiger charge is -2.21. The second-order valence-corrected chi connectivity index (χ2v) is 4.64. The third kappa shape index (κ3) is 2.48. The lowest BCUT2D eigenvalue weighted by atomic mass is 10.1. The molecule has 0 fully saturated rings. The number of carbonyl (C=O) groups excluding carboxylic acids is 1.